The molecule has 116 valence electrons. The van der Waals surface area contributed by atoms with Gasteiger partial charge in [-0.3, -0.25) is 0 Å². The lowest BCUT2D eigenvalue weighted by Gasteiger charge is -2.13. The number of hydrogen-bond acceptors (Lipinski definition) is 4. The number of para-hydroxylation sites is 1. The molecule has 0 aliphatic heterocycles. The predicted molar refractivity (Wildman–Crippen MR) is 100 cm³/mol. The number of pyridine rings is 1. The summed E-state index contributed by atoms with van der Waals surface area (Å²) in [5.41, 5.74) is 4.09. The fourth-order valence-corrected chi connectivity index (χ4v) is 3.21. The van der Waals surface area contributed by atoms with Crippen LogP contribution in [0.2, 0.25) is 0 Å². The number of rotatable bonds is 4. The summed E-state index contributed by atoms with van der Waals surface area (Å²) in [6.07, 6.45) is 0. The Morgan fingerprint density at radius 1 is 1.13 bits per heavy atom. The minimum atomic E-state index is 0.377. The first-order valence-electron chi connectivity index (χ1n) is 7.20. The molecule has 3 aromatic rings. The molecule has 0 saturated carbocycles. The number of fused-ring (bicyclic) bond motifs is 1. The SMILES string of the molecule is Cc1ccc2cccc(OCc3c(I)ccc(N=O)c3C)c2n1. The zero-order valence-electron chi connectivity index (χ0n) is 12.8. The highest BCUT2D eigenvalue weighted by Crippen LogP contribution is 2.29. The molecule has 0 spiro atoms. The number of benzene rings is 2. The normalized spacial score (nSPS) is 10.7. The molecule has 0 unspecified atom stereocenters. The quantitative estimate of drug-likeness (QED) is 0.419. The zero-order chi connectivity index (χ0) is 16.4. The van der Waals surface area contributed by atoms with Crippen LogP contribution in [-0.4, -0.2) is 4.98 Å². The molecule has 23 heavy (non-hydrogen) atoms. The summed E-state index contributed by atoms with van der Waals surface area (Å²) in [4.78, 5) is 15.4. The molecule has 0 saturated heterocycles. The van der Waals surface area contributed by atoms with Crippen LogP contribution < -0.4 is 4.74 Å². The van der Waals surface area contributed by atoms with Crippen LogP contribution in [0.3, 0.4) is 0 Å². The van der Waals surface area contributed by atoms with Crippen molar-refractivity contribution in [2.45, 2.75) is 20.5 Å². The Bertz CT molecular complexity index is 894. The van der Waals surface area contributed by atoms with Gasteiger partial charge in [-0.05, 0) is 71.4 Å². The molecule has 0 radical (unpaired) electrons. The molecule has 4 nitrogen and oxygen atoms in total. The van der Waals surface area contributed by atoms with Gasteiger partial charge in [0.05, 0.1) is 0 Å². The van der Waals surface area contributed by atoms with E-state index >= 15 is 0 Å². The number of nitrogens with zero attached hydrogens (tertiary/aromatic N) is 2. The second-order valence-corrected chi connectivity index (χ2v) is 6.49. The Morgan fingerprint density at radius 2 is 1.96 bits per heavy atom. The summed E-state index contributed by atoms with van der Waals surface area (Å²) in [5, 5.41) is 4.11. The first-order valence-corrected chi connectivity index (χ1v) is 8.28. The van der Waals surface area contributed by atoms with Gasteiger partial charge >= 0.3 is 0 Å². The van der Waals surface area contributed by atoms with Crippen molar-refractivity contribution in [1.82, 2.24) is 4.98 Å². The van der Waals surface area contributed by atoms with Gasteiger partial charge in [0, 0.05) is 20.2 Å². The highest BCUT2D eigenvalue weighted by molar-refractivity contribution is 14.1. The molecule has 1 aromatic heterocycles. The summed E-state index contributed by atoms with van der Waals surface area (Å²) < 4.78 is 7.06. The molecule has 0 fully saturated rings. The van der Waals surface area contributed by atoms with Gasteiger partial charge in [-0.2, -0.15) is 0 Å². The van der Waals surface area contributed by atoms with Crippen LogP contribution in [-0.2, 0) is 6.61 Å². The van der Waals surface area contributed by atoms with Gasteiger partial charge in [-0.25, -0.2) is 4.98 Å². The van der Waals surface area contributed by atoms with Crippen molar-refractivity contribution < 1.29 is 4.74 Å². The fraction of sp³-hybridized carbons (Fsp3) is 0.167. The van der Waals surface area contributed by atoms with Crippen molar-refractivity contribution in [1.29, 1.82) is 0 Å². The van der Waals surface area contributed by atoms with E-state index in [2.05, 4.69) is 32.8 Å². The number of halogens is 1. The van der Waals surface area contributed by atoms with E-state index in [0.717, 1.165) is 37.0 Å². The Balaban J connectivity index is 1.96. The molecule has 5 heteroatoms. The topological polar surface area (TPSA) is 51.5 Å². The monoisotopic (exact) mass is 418 g/mol. The summed E-state index contributed by atoms with van der Waals surface area (Å²) in [6, 6.07) is 13.5. The highest BCUT2D eigenvalue weighted by atomic mass is 127. The first kappa shape index (κ1) is 15.9. The van der Waals surface area contributed by atoms with Gasteiger partial charge in [-0.1, -0.05) is 18.2 Å². The lowest BCUT2D eigenvalue weighted by Crippen LogP contribution is -2.02. The minimum Gasteiger partial charge on any atom is -0.487 e. The number of aromatic nitrogens is 1. The number of hydrogen-bond donors (Lipinski definition) is 0. The van der Waals surface area contributed by atoms with E-state index in [0.29, 0.717) is 12.3 Å². The average molecular weight is 418 g/mol. The summed E-state index contributed by atoms with van der Waals surface area (Å²) >= 11 is 2.25. The third-order valence-corrected chi connectivity index (χ3v) is 4.82. The van der Waals surface area contributed by atoms with Crippen LogP contribution >= 0.6 is 22.6 Å². The van der Waals surface area contributed by atoms with E-state index in [1.807, 2.05) is 50.2 Å². The Hall–Kier alpha value is -2.02. The standard InChI is InChI=1S/C18H15IN2O2/c1-11-6-7-13-4-3-5-17(18(13)20-11)23-10-14-12(2)16(21-22)9-8-15(14)19/h3-9H,10H2,1-2H3. The molecule has 3 rings (SSSR count). The lowest BCUT2D eigenvalue weighted by molar-refractivity contribution is 0.308. The van der Waals surface area contributed by atoms with E-state index in [9.17, 15) is 4.91 Å². The number of aryl methyl sites for hydroxylation is 1. The van der Waals surface area contributed by atoms with Crippen molar-refractivity contribution in [3.63, 3.8) is 0 Å². The Morgan fingerprint density at radius 3 is 2.74 bits per heavy atom. The van der Waals surface area contributed by atoms with Crippen LogP contribution in [0.4, 0.5) is 5.69 Å². The first-order chi connectivity index (χ1) is 11.1. The number of nitroso groups, excluding NO2 is 1. The molecule has 2 aromatic carbocycles. The molecular formula is C18H15IN2O2. The molecular weight excluding hydrogens is 403 g/mol. The average Bonchev–Trinajstić information content (AvgIpc) is 2.55. The van der Waals surface area contributed by atoms with Crippen LogP contribution in [0.5, 0.6) is 5.75 Å². The molecule has 0 aliphatic rings. The minimum absolute atomic E-state index is 0.377. The molecule has 0 bridgehead atoms. The van der Waals surface area contributed by atoms with Crippen molar-refractivity contribution in [3.05, 3.63) is 67.8 Å². The highest BCUT2D eigenvalue weighted by Gasteiger charge is 2.11. The van der Waals surface area contributed by atoms with Crippen molar-refractivity contribution in [2.24, 2.45) is 5.18 Å². The van der Waals surface area contributed by atoms with Gasteiger partial charge < -0.3 is 4.74 Å². The maximum Gasteiger partial charge on any atom is 0.146 e. The van der Waals surface area contributed by atoms with Crippen molar-refractivity contribution in [3.8, 4) is 5.75 Å². The molecule has 1 heterocycles. The van der Waals surface area contributed by atoms with Gasteiger partial charge in [0.25, 0.3) is 0 Å². The molecule has 0 atom stereocenters. The van der Waals surface area contributed by atoms with Crippen LogP contribution in [0, 0.1) is 22.3 Å². The summed E-state index contributed by atoms with van der Waals surface area (Å²) in [6.45, 7) is 4.23. The van der Waals surface area contributed by atoms with Gasteiger partial charge in [-0.15, -0.1) is 4.91 Å². The van der Waals surface area contributed by atoms with Gasteiger partial charge in [0.1, 0.15) is 23.6 Å². The number of ether oxygens (including phenoxy) is 1. The second-order valence-electron chi connectivity index (χ2n) is 5.33. The van der Waals surface area contributed by atoms with Crippen LogP contribution in [0.15, 0.2) is 47.6 Å². The van der Waals surface area contributed by atoms with E-state index in [4.69, 9.17) is 4.74 Å². The van der Waals surface area contributed by atoms with Gasteiger partial charge in [0.15, 0.2) is 0 Å². The summed E-state index contributed by atoms with van der Waals surface area (Å²) in [5.74, 6) is 0.742. The van der Waals surface area contributed by atoms with E-state index in [-0.39, 0.29) is 0 Å². The molecule has 0 N–H and O–H groups in total. The Labute approximate surface area is 148 Å². The maximum absolute atomic E-state index is 10.9. The largest absolute Gasteiger partial charge is 0.487 e. The third kappa shape index (κ3) is 3.19. The zero-order valence-corrected chi connectivity index (χ0v) is 15.0. The third-order valence-electron chi connectivity index (χ3n) is 3.81. The van der Waals surface area contributed by atoms with Crippen molar-refractivity contribution in [2.75, 3.05) is 0 Å². The Kier molecular flexibility index (Phi) is 4.56. The van der Waals surface area contributed by atoms with Crippen LogP contribution in [0.1, 0.15) is 16.8 Å². The second kappa shape index (κ2) is 6.62. The summed E-state index contributed by atoms with van der Waals surface area (Å²) in [7, 11) is 0. The maximum atomic E-state index is 10.9. The molecule has 0 aliphatic carbocycles. The van der Waals surface area contributed by atoms with Crippen molar-refractivity contribution >= 4 is 39.2 Å². The molecule has 0 amide bonds. The lowest BCUT2D eigenvalue weighted by atomic mass is 10.1. The smallest absolute Gasteiger partial charge is 0.146 e. The van der Waals surface area contributed by atoms with E-state index in [1.165, 1.54) is 0 Å². The van der Waals surface area contributed by atoms with E-state index in [1.54, 1.807) is 6.07 Å². The van der Waals surface area contributed by atoms with Crippen LogP contribution in [0.25, 0.3) is 10.9 Å². The van der Waals surface area contributed by atoms with Gasteiger partial charge in [0.2, 0.25) is 0 Å². The van der Waals surface area contributed by atoms with E-state index < -0.39 is 0 Å². The predicted octanol–water partition coefficient (Wildman–Crippen LogP) is 5.43. The fourth-order valence-electron chi connectivity index (χ4n) is 2.47.